The summed E-state index contributed by atoms with van der Waals surface area (Å²) in [6.07, 6.45) is 5.06. The van der Waals surface area contributed by atoms with Crippen LogP contribution >= 0.6 is 21.6 Å². The Morgan fingerprint density at radius 3 is 2.00 bits per heavy atom. The standard InChI is InChI=1S/C54H66F2N12O8S2/c1-30(2)46-54(76)67-45(52(74)63-41(47(59)69)23-32-11-8-14-36(56)21-32)29-78-77-28-44(66-48(70)38(58)22-31-10-7-13-35(55)20-31)53(75)64-42(24-33-12-9-19-60-26-33)50(72)65-43(25-34-27-61-39-16-4-3-15-37(34)39)51(73)62-40(49(71)68-46)17-5-6-18-57/h3-4,7-16,19-21,26-27,30,38,40-46,61H,5-6,17-18,22-25,28-29,57-58H2,1-2H3,(H2,59,69)(H,62,73)(H,63,74)(H,64,75)(H,65,72)(H,66,70)(H,67,76)(H,68,71)/t38-,40-,41-,42-,43?,44?,45?,46?/m0/s1. The Balaban J connectivity index is 1.39. The second kappa shape index (κ2) is 29.4. The van der Waals surface area contributed by atoms with Gasteiger partial charge in [-0.25, -0.2) is 8.78 Å². The highest BCUT2D eigenvalue weighted by Crippen LogP contribution is 2.25. The summed E-state index contributed by atoms with van der Waals surface area (Å²) in [6.45, 7) is 3.59. The van der Waals surface area contributed by atoms with Crippen LogP contribution < -0.4 is 54.4 Å². The number of aromatic nitrogens is 2. The molecule has 6 rings (SSSR count). The van der Waals surface area contributed by atoms with E-state index in [0.29, 0.717) is 35.1 Å². The number of hydrogen-bond donors (Lipinski definition) is 11. The minimum atomic E-state index is -1.45. The highest BCUT2D eigenvalue weighted by atomic mass is 33.1. The Labute approximate surface area is 457 Å². The molecule has 0 spiro atoms. The van der Waals surface area contributed by atoms with Gasteiger partial charge in [0.2, 0.25) is 47.3 Å². The number of amides is 8. The molecule has 3 aromatic carbocycles. The van der Waals surface area contributed by atoms with E-state index in [9.17, 15) is 47.1 Å². The maximum absolute atomic E-state index is 14.8. The van der Waals surface area contributed by atoms with Crippen LogP contribution in [0.25, 0.3) is 10.9 Å². The molecule has 0 saturated carbocycles. The second-order valence-electron chi connectivity index (χ2n) is 19.3. The van der Waals surface area contributed by atoms with Crippen LogP contribution in [0.2, 0.25) is 0 Å². The normalized spacial score (nSPS) is 21.0. The zero-order chi connectivity index (χ0) is 56.3. The van der Waals surface area contributed by atoms with Gasteiger partial charge in [-0.15, -0.1) is 0 Å². The number of nitrogens with two attached hydrogens (primary N) is 3. The number of benzene rings is 3. The van der Waals surface area contributed by atoms with Crippen molar-refractivity contribution in [2.45, 2.75) is 107 Å². The first-order chi connectivity index (χ1) is 37.4. The number of nitrogens with zero attached hydrogens (tertiary/aromatic N) is 1. The summed E-state index contributed by atoms with van der Waals surface area (Å²) in [5.74, 6) is -8.85. The van der Waals surface area contributed by atoms with E-state index in [2.05, 4.69) is 47.2 Å². The summed E-state index contributed by atoms with van der Waals surface area (Å²) in [7, 11) is 1.99. The van der Waals surface area contributed by atoms with Crippen LogP contribution in [-0.2, 0) is 64.0 Å². The molecular weight excluding hydrogens is 1050 g/mol. The fraction of sp³-hybridized carbons (Fsp3) is 0.389. The van der Waals surface area contributed by atoms with Crippen LogP contribution in [-0.4, -0.2) is 124 Å². The number of carbonyl (C=O) groups excluding carboxylic acids is 8. The van der Waals surface area contributed by atoms with E-state index in [0.717, 1.165) is 32.5 Å². The van der Waals surface area contributed by atoms with E-state index in [4.69, 9.17) is 17.2 Å². The highest BCUT2D eigenvalue weighted by molar-refractivity contribution is 8.76. The number of halogens is 2. The molecule has 8 amide bonds. The summed E-state index contributed by atoms with van der Waals surface area (Å²) < 4.78 is 28.3. The van der Waals surface area contributed by atoms with Crippen molar-refractivity contribution in [3.05, 3.63) is 137 Å². The van der Waals surface area contributed by atoms with Crippen molar-refractivity contribution in [2.75, 3.05) is 18.1 Å². The van der Waals surface area contributed by atoms with Gasteiger partial charge in [0.15, 0.2) is 0 Å². The number of fused-ring (bicyclic) bond motifs is 1. The van der Waals surface area contributed by atoms with E-state index in [1.807, 2.05) is 24.3 Å². The Bertz CT molecular complexity index is 2900. The Kier molecular flexibility index (Phi) is 22.5. The molecule has 8 atom stereocenters. The van der Waals surface area contributed by atoms with Crippen LogP contribution in [0.15, 0.2) is 104 Å². The smallest absolute Gasteiger partial charge is 0.244 e. The molecule has 0 bridgehead atoms. The van der Waals surface area contributed by atoms with Crippen LogP contribution in [0, 0.1) is 17.6 Å². The number of hydrogen-bond acceptors (Lipinski definition) is 13. The quantitative estimate of drug-likeness (QED) is 0.0439. The minimum Gasteiger partial charge on any atom is -0.368 e. The summed E-state index contributed by atoms with van der Waals surface area (Å²) in [5, 5.41) is 19.8. The number of primary amides is 1. The summed E-state index contributed by atoms with van der Waals surface area (Å²) in [5.41, 5.74) is 20.5. The van der Waals surface area contributed by atoms with Gasteiger partial charge in [0.05, 0.1) is 6.04 Å². The van der Waals surface area contributed by atoms with Gasteiger partial charge in [-0.1, -0.05) is 84.0 Å². The van der Waals surface area contributed by atoms with Gasteiger partial charge >= 0.3 is 0 Å². The van der Waals surface area contributed by atoms with E-state index in [-0.39, 0.29) is 50.2 Å². The highest BCUT2D eigenvalue weighted by Gasteiger charge is 2.36. The lowest BCUT2D eigenvalue weighted by Gasteiger charge is -2.29. The number of para-hydroxylation sites is 1. The van der Waals surface area contributed by atoms with Crippen molar-refractivity contribution in [2.24, 2.45) is 23.1 Å². The molecule has 14 N–H and O–H groups in total. The number of carbonyl (C=O) groups is 8. The Morgan fingerprint density at radius 2 is 1.35 bits per heavy atom. The number of H-pyrrole nitrogens is 1. The molecule has 0 radical (unpaired) electrons. The lowest BCUT2D eigenvalue weighted by Crippen LogP contribution is -2.61. The molecule has 1 aliphatic heterocycles. The van der Waals surface area contributed by atoms with Crippen LogP contribution in [0.4, 0.5) is 8.78 Å². The minimum absolute atomic E-state index is 0.0619. The van der Waals surface area contributed by atoms with E-state index in [1.165, 1.54) is 48.8 Å². The zero-order valence-electron chi connectivity index (χ0n) is 43.1. The fourth-order valence-corrected chi connectivity index (χ4v) is 10.9. The van der Waals surface area contributed by atoms with E-state index in [1.54, 1.807) is 44.3 Å². The molecule has 1 fully saturated rings. The molecule has 24 heteroatoms. The zero-order valence-corrected chi connectivity index (χ0v) is 44.7. The van der Waals surface area contributed by atoms with Crippen LogP contribution in [0.5, 0.6) is 0 Å². The number of nitrogens with one attached hydrogen (secondary N) is 8. The third kappa shape index (κ3) is 17.8. The molecule has 1 saturated heterocycles. The average Bonchev–Trinajstić information content (AvgIpc) is 3.84. The second-order valence-corrected chi connectivity index (χ2v) is 21.8. The van der Waals surface area contributed by atoms with Crippen molar-refractivity contribution >= 4 is 79.7 Å². The first kappa shape index (κ1) is 59.8. The van der Waals surface area contributed by atoms with Gasteiger partial charge in [0.25, 0.3) is 0 Å². The molecule has 1 aliphatic rings. The monoisotopic (exact) mass is 1110 g/mol. The fourth-order valence-electron chi connectivity index (χ4n) is 8.60. The molecule has 3 heterocycles. The molecule has 2 aromatic heterocycles. The third-order valence-corrected chi connectivity index (χ3v) is 15.3. The molecule has 0 aliphatic carbocycles. The van der Waals surface area contributed by atoms with Crippen molar-refractivity contribution in [3.8, 4) is 0 Å². The van der Waals surface area contributed by atoms with E-state index >= 15 is 0 Å². The Morgan fingerprint density at radius 1 is 0.718 bits per heavy atom. The molecule has 78 heavy (non-hydrogen) atoms. The summed E-state index contributed by atoms with van der Waals surface area (Å²) >= 11 is 0. The van der Waals surface area contributed by atoms with Crippen LogP contribution in [0.3, 0.4) is 0 Å². The predicted octanol–water partition coefficient (Wildman–Crippen LogP) is 1.50. The number of pyridine rings is 1. The first-order valence-electron chi connectivity index (χ1n) is 25.4. The molecule has 20 nitrogen and oxygen atoms in total. The van der Waals surface area contributed by atoms with Gasteiger partial charge in [0, 0.05) is 60.3 Å². The summed E-state index contributed by atoms with van der Waals surface area (Å²) in [4.78, 5) is 121. The van der Waals surface area contributed by atoms with Gasteiger partial charge in [-0.05, 0) is 96.8 Å². The van der Waals surface area contributed by atoms with Crippen molar-refractivity contribution in [1.82, 2.24) is 47.2 Å². The van der Waals surface area contributed by atoms with Gasteiger partial charge in [-0.3, -0.25) is 43.3 Å². The third-order valence-electron chi connectivity index (χ3n) is 12.8. The van der Waals surface area contributed by atoms with Crippen LogP contribution in [0.1, 0.15) is 55.4 Å². The maximum Gasteiger partial charge on any atom is 0.244 e. The van der Waals surface area contributed by atoms with Crippen molar-refractivity contribution in [1.29, 1.82) is 0 Å². The molecule has 416 valence electrons. The maximum atomic E-state index is 14.8. The first-order valence-corrected chi connectivity index (χ1v) is 27.9. The molecule has 5 aromatic rings. The molecular formula is C54H66F2N12O8S2. The lowest BCUT2D eigenvalue weighted by atomic mass is 10.00. The summed E-state index contributed by atoms with van der Waals surface area (Å²) in [6, 6.07) is 10.6. The van der Waals surface area contributed by atoms with Gasteiger partial charge in [-0.2, -0.15) is 0 Å². The average molecular weight is 1110 g/mol. The van der Waals surface area contributed by atoms with Crippen molar-refractivity contribution < 1.29 is 47.1 Å². The SMILES string of the molecule is CC(C)C1NC(=O)[C@H](CCCCN)NC(=O)C(Cc2c[nH]c3ccccc23)NC(=O)[C@H](Cc2cccnc2)NC(=O)C(NC(=O)[C@@H](N)Cc2cccc(F)c2)CSSCC(C(=O)N[C@@H](Cc2cccc(F)c2)C(N)=O)NC1=O. The van der Waals surface area contributed by atoms with Gasteiger partial charge < -0.3 is 59.4 Å². The number of aromatic amines is 1. The molecule has 4 unspecified atom stereocenters. The Hall–Kier alpha value is -7.41. The largest absolute Gasteiger partial charge is 0.368 e. The topological polar surface area (TPSA) is 328 Å². The van der Waals surface area contributed by atoms with Crippen molar-refractivity contribution in [3.63, 3.8) is 0 Å². The number of rotatable bonds is 18. The van der Waals surface area contributed by atoms with Gasteiger partial charge in [0.1, 0.15) is 53.9 Å². The predicted molar refractivity (Wildman–Crippen MR) is 293 cm³/mol. The number of unbranched alkanes of at least 4 members (excludes halogenated alkanes) is 1. The lowest BCUT2D eigenvalue weighted by molar-refractivity contribution is -0.136. The van der Waals surface area contributed by atoms with E-state index < -0.39 is 113 Å².